The molecule has 1 heterocycles. The lowest BCUT2D eigenvalue weighted by Gasteiger charge is -2.10. The van der Waals surface area contributed by atoms with Crippen LogP contribution in [0.1, 0.15) is 23.9 Å². The molecular formula is C16H19N3O4S. The first-order valence-electron chi connectivity index (χ1n) is 7.40. The van der Waals surface area contributed by atoms with Gasteiger partial charge in [-0.3, -0.25) is 4.68 Å². The highest BCUT2D eigenvalue weighted by Gasteiger charge is 2.18. The van der Waals surface area contributed by atoms with Crippen LogP contribution in [0.15, 0.2) is 23.1 Å². The molecule has 0 radical (unpaired) electrons. The van der Waals surface area contributed by atoms with Gasteiger partial charge >= 0.3 is 0 Å². The smallest absolute Gasteiger partial charge is 0.175 e. The molecule has 1 aromatic heterocycles. The predicted molar refractivity (Wildman–Crippen MR) is 87.8 cm³/mol. The Bertz CT molecular complexity index is 895. The summed E-state index contributed by atoms with van der Waals surface area (Å²) >= 11 is 0. The van der Waals surface area contributed by atoms with Gasteiger partial charge in [-0.25, -0.2) is 8.42 Å². The summed E-state index contributed by atoms with van der Waals surface area (Å²) in [5, 5.41) is 22.6. The van der Waals surface area contributed by atoms with Crippen molar-refractivity contribution in [1.29, 1.82) is 5.26 Å². The fourth-order valence-electron chi connectivity index (χ4n) is 2.40. The summed E-state index contributed by atoms with van der Waals surface area (Å²) in [5.41, 5.74) is 1.62. The zero-order valence-corrected chi connectivity index (χ0v) is 14.6. The van der Waals surface area contributed by atoms with E-state index in [9.17, 15) is 8.42 Å². The maximum absolute atomic E-state index is 11.8. The quantitative estimate of drug-likeness (QED) is 0.853. The van der Waals surface area contributed by atoms with Crippen LogP contribution in [0.5, 0.6) is 11.5 Å². The zero-order chi connectivity index (χ0) is 17.9. The lowest BCUT2D eigenvalue weighted by molar-refractivity contribution is 0.267. The maximum Gasteiger partial charge on any atom is 0.175 e. The van der Waals surface area contributed by atoms with Gasteiger partial charge in [0.25, 0.3) is 0 Å². The first kappa shape index (κ1) is 18.0. The van der Waals surface area contributed by atoms with Gasteiger partial charge in [0.1, 0.15) is 11.4 Å². The van der Waals surface area contributed by atoms with Gasteiger partial charge in [0.15, 0.2) is 15.6 Å². The summed E-state index contributed by atoms with van der Waals surface area (Å²) in [6.45, 7) is 4.01. The number of aliphatic hydroxyl groups excluding tert-OH is 1. The molecule has 0 saturated heterocycles. The first-order chi connectivity index (χ1) is 11.3. The molecule has 24 heavy (non-hydrogen) atoms. The number of rotatable bonds is 6. The average molecular weight is 349 g/mol. The first-order valence-corrected chi connectivity index (χ1v) is 9.29. The van der Waals surface area contributed by atoms with Crippen molar-refractivity contribution in [3.63, 3.8) is 0 Å². The number of nitrogens with zero attached hydrogens (tertiary/aromatic N) is 3. The van der Waals surface area contributed by atoms with Crippen LogP contribution in [0.3, 0.4) is 0 Å². The van der Waals surface area contributed by atoms with Gasteiger partial charge in [-0.2, -0.15) is 10.4 Å². The number of ether oxygens (including phenoxy) is 1. The van der Waals surface area contributed by atoms with Gasteiger partial charge in [-0.05, 0) is 31.5 Å². The van der Waals surface area contributed by atoms with Gasteiger partial charge in [0.2, 0.25) is 0 Å². The van der Waals surface area contributed by atoms with Gasteiger partial charge in [-0.15, -0.1) is 0 Å². The molecule has 0 aliphatic carbocycles. The number of aromatic nitrogens is 2. The Kier molecular flexibility index (Phi) is 5.26. The zero-order valence-electron chi connectivity index (χ0n) is 13.8. The highest BCUT2D eigenvalue weighted by molar-refractivity contribution is 7.90. The molecule has 8 heteroatoms. The summed E-state index contributed by atoms with van der Waals surface area (Å²) in [5.74, 6) is 0.774. The summed E-state index contributed by atoms with van der Waals surface area (Å²) in [7, 11) is -3.46. The molecule has 1 aromatic carbocycles. The number of sulfone groups is 1. The second-order valence-corrected chi connectivity index (χ2v) is 7.36. The molecule has 0 bridgehead atoms. The lowest BCUT2D eigenvalue weighted by Crippen LogP contribution is -2.07. The van der Waals surface area contributed by atoms with E-state index in [1.165, 1.54) is 18.2 Å². The van der Waals surface area contributed by atoms with Crippen molar-refractivity contribution in [2.75, 3.05) is 12.9 Å². The minimum absolute atomic E-state index is 0.0231. The van der Waals surface area contributed by atoms with E-state index in [2.05, 4.69) is 5.10 Å². The fourth-order valence-corrected chi connectivity index (χ4v) is 3.07. The third-order valence-corrected chi connectivity index (χ3v) is 4.57. The molecule has 0 atom stereocenters. The molecule has 0 aliphatic rings. The van der Waals surface area contributed by atoms with Crippen LogP contribution in [0.2, 0.25) is 0 Å². The van der Waals surface area contributed by atoms with Crippen LogP contribution >= 0.6 is 0 Å². The Morgan fingerprint density at radius 1 is 1.38 bits per heavy atom. The Morgan fingerprint density at radius 2 is 2.08 bits per heavy atom. The Hall–Kier alpha value is -2.37. The topological polar surface area (TPSA) is 105 Å². The van der Waals surface area contributed by atoms with Crippen LogP contribution in [-0.4, -0.2) is 36.2 Å². The molecule has 128 valence electrons. The predicted octanol–water partition coefficient (Wildman–Crippen LogP) is 1.81. The van der Waals surface area contributed by atoms with Gasteiger partial charge in [0, 0.05) is 6.26 Å². The van der Waals surface area contributed by atoms with E-state index < -0.39 is 9.84 Å². The van der Waals surface area contributed by atoms with E-state index in [0.29, 0.717) is 24.4 Å². The minimum Gasteiger partial charge on any atom is -0.453 e. The van der Waals surface area contributed by atoms with Crippen molar-refractivity contribution in [2.24, 2.45) is 0 Å². The molecule has 0 fully saturated rings. The highest BCUT2D eigenvalue weighted by Crippen LogP contribution is 2.31. The van der Waals surface area contributed by atoms with Crippen LogP contribution < -0.4 is 4.74 Å². The molecule has 0 unspecified atom stereocenters. The fraction of sp³-hybridized carbons (Fsp3) is 0.375. The van der Waals surface area contributed by atoms with E-state index in [-0.39, 0.29) is 22.8 Å². The largest absolute Gasteiger partial charge is 0.453 e. The van der Waals surface area contributed by atoms with E-state index in [4.69, 9.17) is 15.1 Å². The summed E-state index contributed by atoms with van der Waals surface area (Å²) in [6, 6.07) is 6.12. The van der Waals surface area contributed by atoms with Crippen LogP contribution in [-0.2, 0) is 22.8 Å². The second kappa shape index (κ2) is 7.03. The van der Waals surface area contributed by atoms with E-state index in [1.807, 2.05) is 13.0 Å². The van der Waals surface area contributed by atoms with Crippen molar-refractivity contribution >= 4 is 9.84 Å². The summed E-state index contributed by atoms with van der Waals surface area (Å²) in [6.07, 6.45) is 1.71. The SMILES string of the molecule is CCc1c(Oc2cc(C#N)cc(S(C)(=O)=O)c2)c(C)nn1CCO. The highest BCUT2D eigenvalue weighted by atomic mass is 32.2. The van der Waals surface area contributed by atoms with E-state index >= 15 is 0 Å². The third-order valence-electron chi connectivity index (χ3n) is 3.48. The second-order valence-electron chi connectivity index (χ2n) is 5.34. The number of aliphatic hydroxyl groups is 1. The monoisotopic (exact) mass is 349 g/mol. The van der Waals surface area contributed by atoms with Crippen molar-refractivity contribution in [1.82, 2.24) is 9.78 Å². The summed E-state index contributed by atoms with van der Waals surface area (Å²) in [4.78, 5) is 0.0231. The van der Waals surface area contributed by atoms with E-state index in [0.717, 1.165) is 11.9 Å². The van der Waals surface area contributed by atoms with Gasteiger partial charge < -0.3 is 9.84 Å². The molecule has 1 N–H and O–H groups in total. The Labute approximate surface area is 141 Å². The number of nitriles is 1. The lowest BCUT2D eigenvalue weighted by atomic mass is 10.2. The maximum atomic E-state index is 11.8. The van der Waals surface area contributed by atoms with Gasteiger partial charge in [0.05, 0.1) is 35.4 Å². The van der Waals surface area contributed by atoms with Crippen molar-refractivity contribution in [3.8, 4) is 17.6 Å². The molecule has 0 aliphatic heterocycles. The standard InChI is InChI=1S/C16H19N3O4S/c1-4-15-16(11(2)18-19(15)5-6-20)23-13-7-12(10-17)8-14(9-13)24(3,21)22/h7-9,20H,4-6H2,1-3H3. The average Bonchev–Trinajstić information content (AvgIpc) is 2.81. The Morgan fingerprint density at radius 3 is 2.62 bits per heavy atom. The molecule has 0 saturated carbocycles. The number of hydrogen-bond acceptors (Lipinski definition) is 6. The van der Waals surface area contributed by atoms with Crippen molar-refractivity contribution < 1.29 is 18.3 Å². The molecule has 2 aromatic rings. The van der Waals surface area contributed by atoms with Crippen LogP contribution in [0.4, 0.5) is 0 Å². The number of benzene rings is 1. The van der Waals surface area contributed by atoms with Crippen molar-refractivity contribution in [3.05, 3.63) is 35.2 Å². The van der Waals surface area contributed by atoms with Crippen LogP contribution in [0.25, 0.3) is 0 Å². The van der Waals surface area contributed by atoms with Gasteiger partial charge in [-0.1, -0.05) is 6.92 Å². The normalized spacial score (nSPS) is 11.3. The summed E-state index contributed by atoms with van der Waals surface area (Å²) < 4.78 is 31.1. The molecule has 0 amide bonds. The molecule has 7 nitrogen and oxygen atoms in total. The van der Waals surface area contributed by atoms with E-state index in [1.54, 1.807) is 11.6 Å². The Balaban J connectivity index is 2.51. The molecule has 0 spiro atoms. The molecular weight excluding hydrogens is 330 g/mol. The number of aryl methyl sites for hydroxylation is 1. The van der Waals surface area contributed by atoms with Crippen molar-refractivity contribution in [2.45, 2.75) is 31.7 Å². The number of hydrogen-bond donors (Lipinski definition) is 1. The third kappa shape index (κ3) is 3.75. The minimum atomic E-state index is -3.46. The molecule has 2 rings (SSSR count). The van der Waals surface area contributed by atoms with Crippen LogP contribution in [0, 0.1) is 18.3 Å².